The Balaban J connectivity index is 1.56. The molecule has 1 unspecified atom stereocenters. The van der Waals surface area contributed by atoms with Crippen LogP contribution in [-0.4, -0.2) is 29.2 Å². The van der Waals surface area contributed by atoms with E-state index in [4.69, 9.17) is 4.84 Å². The quantitative estimate of drug-likeness (QED) is 0.448. The first-order valence-corrected chi connectivity index (χ1v) is 10.3. The Morgan fingerprint density at radius 2 is 1.73 bits per heavy atom. The van der Waals surface area contributed by atoms with E-state index in [9.17, 15) is 22.4 Å². The number of rotatable bonds is 6. The zero-order valence-electron chi connectivity index (χ0n) is 17.4. The summed E-state index contributed by atoms with van der Waals surface area (Å²) in [6.45, 7) is -0.110. The van der Waals surface area contributed by atoms with Crippen molar-refractivity contribution in [2.24, 2.45) is 5.16 Å². The molecule has 4 rings (SSSR count). The van der Waals surface area contributed by atoms with Crippen LogP contribution in [0.4, 0.5) is 17.6 Å². The zero-order valence-corrected chi connectivity index (χ0v) is 17.4. The number of hydrogen-bond acceptors (Lipinski definition) is 3. The van der Waals surface area contributed by atoms with Gasteiger partial charge in [0, 0.05) is 13.0 Å². The van der Waals surface area contributed by atoms with Crippen LogP contribution in [0.3, 0.4) is 0 Å². The van der Waals surface area contributed by atoms with Crippen molar-refractivity contribution in [3.05, 3.63) is 107 Å². The van der Waals surface area contributed by atoms with Crippen LogP contribution in [0.1, 0.15) is 33.5 Å². The molecule has 3 aromatic carbocycles. The number of carbonyl (C=O) groups is 1. The fourth-order valence-corrected chi connectivity index (χ4v) is 3.66. The predicted molar refractivity (Wildman–Crippen MR) is 115 cm³/mol. The van der Waals surface area contributed by atoms with Crippen LogP contribution in [0, 0.1) is 5.82 Å². The van der Waals surface area contributed by atoms with Gasteiger partial charge in [-0.05, 0) is 35.4 Å². The smallest absolute Gasteiger partial charge is 0.390 e. The maximum Gasteiger partial charge on any atom is 0.416 e. The Labute approximate surface area is 188 Å². The number of carbonyl (C=O) groups excluding carboxylic acids is 1. The molecule has 1 atom stereocenters. The minimum atomic E-state index is -4.51. The van der Waals surface area contributed by atoms with Gasteiger partial charge in [-0.1, -0.05) is 59.8 Å². The number of amides is 1. The average Bonchev–Trinajstić information content (AvgIpc) is 3.27. The standard InChI is InChI=1S/C25H20F4N2O2/c26-22-12-5-4-11-21(22)24(32)31(15-17-7-6-10-19(13-17)25(27,28)29)16-20-14-23(30-33-20)18-8-2-1-3-9-18/h1-13,20H,14-16H2. The molecule has 8 heteroatoms. The van der Waals surface area contributed by atoms with Gasteiger partial charge in [-0.15, -0.1) is 0 Å². The van der Waals surface area contributed by atoms with Gasteiger partial charge in [-0.25, -0.2) is 4.39 Å². The van der Waals surface area contributed by atoms with E-state index in [0.717, 1.165) is 17.7 Å². The molecule has 3 aromatic rings. The van der Waals surface area contributed by atoms with Crippen molar-refractivity contribution < 1.29 is 27.2 Å². The molecule has 0 saturated carbocycles. The molecule has 1 aliphatic heterocycles. The lowest BCUT2D eigenvalue weighted by molar-refractivity contribution is -0.137. The van der Waals surface area contributed by atoms with Crippen LogP contribution in [0.5, 0.6) is 0 Å². The molecule has 1 heterocycles. The normalized spacial score (nSPS) is 15.6. The van der Waals surface area contributed by atoms with E-state index in [2.05, 4.69) is 5.16 Å². The van der Waals surface area contributed by atoms with Crippen molar-refractivity contribution >= 4 is 11.6 Å². The Kier molecular flexibility index (Phi) is 6.44. The highest BCUT2D eigenvalue weighted by Crippen LogP contribution is 2.30. The molecular formula is C25H20F4N2O2. The first kappa shape index (κ1) is 22.5. The number of hydrogen-bond donors (Lipinski definition) is 0. The second-order valence-corrected chi connectivity index (χ2v) is 7.70. The molecule has 1 amide bonds. The summed E-state index contributed by atoms with van der Waals surface area (Å²) in [5.74, 6) is -1.34. The molecule has 0 fully saturated rings. The molecule has 0 aromatic heterocycles. The van der Waals surface area contributed by atoms with Gasteiger partial charge in [0.25, 0.3) is 5.91 Å². The van der Waals surface area contributed by atoms with Crippen LogP contribution >= 0.6 is 0 Å². The topological polar surface area (TPSA) is 41.9 Å². The van der Waals surface area contributed by atoms with E-state index in [1.807, 2.05) is 30.3 Å². The van der Waals surface area contributed by atoms with Crippen LogP contribution < -0.4 is 0 Å². The van der Waals surface area contributed by atoms with Gasteiger partial charge in [-0.3, -0.25) is 4.79 Å². The van der Waals surface area contributed by atoms with Crippen molar-refractivity contribution in [1.29, 1.82) is 0 Å². The van der Waals surface area contributed by atoms with Gasteiger partial charge in [-0.2, -0.15) is 13.2 Å². The molecule has 1 aliphatic rings. The summed E-state index contributed by atoms with van der Waals surface area (Å²) in [7, 11) is 0. The summed E-state index contributed by atoms with van der Waals surface area (Å²) >= 11 is 0. The second-order valence-electron chi connectivity index (χ2n) is 7.70. The van der Waals surface area contributed by atoms with Gasteiger partial charge >= 0.3 is 6.18 Å². The van der Waals surface area contributed by atoms with E-state index < -0.39 is 29.6 Å². The summed E-state index contributed by atoms with van der Waals surface area (Å²) in [5.41, 5.74) is 0.885. The molecule has 170 valence electrons. The number of nitrogens with zero attached hydrogens (tertiary/aromatic N) is 2. The summed E-state index contributed by atoms with van der Waals surface area (Å²) in [6.07, 6.45) is -4.61. The van der Waals surface area contributed by atoms with Gasteiger partial charge in [0.2, 0.25) is 0 Å². The number of benzene rings is 3. The minimum absolute atomic E-state index is 0.0310. The average molecular weight is 456 g/mol. The minimum Gasteiger partial charge on any atom is -0.390 e. The van der Waals surface area contributed by atoms with Gasteiger partial charge in [0.1, 0.15) is 5.82 Å². The van der Waals surface area contributed by atoms with E-state index in [1.54, 1.807) is 0 Å². The lowest BCUT2D eigenvalue weighted by Gasteiger charge is -2.25. The number of halogens is 4. The van der Waals surface area contributed by atoms with Crippen molar-refractivity contribution in [3.63, 3.8) is 0 Å². The lowest BCUT2D eigenvalue weighted by atomic mass is 10.0. The summed E-state index contributed by atoms with van der Waals surface area (Å²) in [5, 5.41) is 4.10. The largest absolute Gasteiger partial charge is 0.416 e. The highest BCUT2D eigenvalue weighted by atomic mass is 19.4. The maximum absolute atomic E-state index is 14.3. The molecule has 0 N–H and O–H groups in total. The third-order valence-corrected chi connectivity index (χ3v) is 5.28. The Hall–Kier alpha value is -3.68. The van der Waals surface area contributed by atoms with E-state index in [-0.39, 0.29) is 24.2 Å². The Morgan fingerprint density at radius 1 is 1.00 bits per heavy atom. The zero-order chi connectivity index (χ0) is 23.4. The molecule has 0 radical (unpaired) electrons. The van der Waals surface area contributed by atoms with E-state index in [1.165, 1.54) is 41.3 Å². The molecular weight excluding hydrogens is 436 g/mol. The number of oxime groups is 1. The Bertz CT molecular complexity index is 1160. The van der Waals surface area contributed by atoms with E-state index >= 15 is 0 Å². The summed E-state index contributed by atoms with van der Waals surface area (Å²) < 4.78 is 53.8. The highest BCUT2D eigenvalue weighted by Gasteiger charge is 2.32. The van der Waals surface area contributed by atoms with E-state index in [0.29, 0.717) is 12.1 Å². The van der Waals surface area contributed by atoms with Crippen LogP contribution in [0.15, 0.2) is 84.0 Å². The second kappa shape index (κ2) is 9.44. The van der Waals surface area contributed by atoms with Crippen molar-refractivity contribution in [1.82, 2.24) is 4.90 Å². The lowest BCUT2D eigenvalue weighted by Crippen LogP contribution is -2.37. The van der Waals surface area contributed by atoms with Crippen molar-refractivity contribution in [2.75, 3.05) is 6.54 Å². The molecule has 33 heavy (non-hydrogen) atoms. The monoisotopic (exact) mass is 456 g/mol. The SMILES string of the molecule is O=C(c1ccccc1F)N(Cc1cccc(C(F)(F)F)c1)CC1CC(c2ccccc2)=NO1. The van der Waals surface area contributed by atoms with Gasteiger partial charge in [0.15, 0.2) is 6.10 Å². The first-order chi connectivity index (χ1) is 15.8. The molecule has 0 spiro atoms. The molecule has 0 saturated heterocycles. The van der Waals surface area contributed by atoms with Crippen LogP contribution in [-0.2, 0) is 17.6 Å². The third kappa shape index (κ3) is 5.39. The van der Waals surface area contributed by atoms with Crippen LogP contribution in [0.2, 0.25) is 0 Å². The molecule has 4 nitrogen and oxygen atoms in total. The van der Waals surface area contributed by atoms with Crippen LogP contribution in [0.25, 0.3) is 0 Å². The Morgan fingerprint density at radius 3 is 2.45 bits per heavy atom. The number of alkyl halides is 3. The first-order valence-electron chi connectivity index (χ1n) is 10.3. The fourth-order valence-electron chi connectivity index (χ4n) is 3.66. The summed E-state index contributed by atoms with van der Waals surface area (Å²) in [4.78, 5) is 20.0. The summed E-state index contributed by atoms with van der Waals surface area (Å²) in [6, 6.07) is 19.6. The van der Waals surface area contributed by atoms with Crippen molar-refractivity contribution in [3.8, 4) is 0 Å². The maximum atomic E-state index is 14.3. The highest BCUT2D eigenvalue weighted by molar-refractivity contribution is 6.01. The van der Waals surface area contributed by atoms with Gasteiger partial charge in [0.05, 0.1) is 23.4 Å². The van der Waals surface area contributed by atoms with Crippen molar-refractivity contribution in [2.45, 2.75) is 25.2 Å². The molecule has 0 aliphatic carbocycles. The third-order valence-electron chi connectivity index (χ3n) is 5.28. The predicted octanol–water partition coefficient (Wildman–Crippen LogP) is 5.68. The van der Waals surface area contributed by atoms with Gasteiger partial charge < -0.3 is 9.74 Å². The fraction of sp³-hybridized carbons (Fsp3) is 0.200. The molecule has 0 bridgehead atoms.